The molecule has 1 heterocycles. The highest BCUT2D eigenvalue weighted by atomic mass is 32.2. The lowest BCUT2D eigenvalue weighted by atomic mass is 10.3. The fourth-order valence-electron chi connectivity index (χ4n) is 1.74. The molecule has 1 aromatic carbocycles. The zero-order valence-electron chi connectivity index (χ0n) is 9.39. The Morgan fingerprint density at radius 3 is 2.94 bits per heavy atom. The van der Waals surface area contributed by atoms with E-state index in [-0.39, 0.29) is 17.6 Å². The molecule has 0 bridgehead atoms. The molecule has 2 amide bonds. The number of nitrogens with two attached hydrogens (primary N) is 1. The lowest BCUT2D eigenvalue weighted by Crippen LogP contribution is -2.33. The number of hydrogen-bond donors (Lipinski definition) is 1. The molecule has 0 atom stereocenters. The van der Waals surface area contributed by atoms with Gasteiger partial charge in [-0.25, -0.2) is 0 Å². The van der Waals surface area contributed by atoms with Gasteiger partial charge in [0.15, 0.2) is 0 Å². The highest BCUT2D eigenvalue weighted by Crippen LogP contribution is 2.21. The third-order valence-electron chi connectivity index (χ3n) is 2.59. The van der Waals surface area contributed by atoms with E-state index in [0.29, 0.717) is 18.7 Å². The van der Waals surface area contributed by atoms with Crippen LogP contribution < -0.4 is 5.73 Å². The summed E-state index contributed by atoms with van der Waals surface area (Å²) >= 11 is 1.41. The van der Waals surface area contributed by atoms with Crippen molar-refractivity contribution in [1.29, 1.82) is 0 Å². The molecule has 17 heavy (non-hydrogen) atoms. The molecule has 5 heteroatoms. The molecule has 0 unspecified atom stereocenters. The number of rotatable bonds is 3. The van der Waals surface area contributed by atoms with Gasteiger partial charge in [0.25, 0.3) is 0 Å². The maximum atomic E-state index is 11.8. The SMILES string of the molecule is Nc1cccc(SCC(=O)N2CCCC2=O)c1. The van der Waals surface area contributed by atoms with Crippen LogP contribution >= 0.6 is 11.8 Å². The van der Waals surface area contributed by atoms with Gasteiger partial charge in [-0.2, -0.15) is 0 Å². The second kappa shape index (κ2) is 5.23. The van der Waals surface area contributed by atoms with Crippen molar-refractivity contribution in [3.05, 3.63) is 24.3 Å². The molecular weight excluding hydrogens is 236 g/mol. The van der Waals surface area contributed by atoms with Crippen LogP contribution in [0.25, 0.3) is 0 Å². The Bertz CT molecular complexity index is 448. The van der Waals surface area contributed by atoms with Crippen LogP contribution in [0.4, 0.5) is 5.69 Å². The Balaban J connectivity index is 1.90. The first-order valence-corrected chi connectivity index (χ1v) is 6.47. The summed E-state index contributed by atoms with van der Waals surface area (Å²) in [5.74, 6) is 0.123. The van der Waals surface area contributed by atoms with Crippen molar-refractivity contribution in [2.75, 3.05) is 18.0 Å². The number of carbonyl (C=O) groups excluding carboxylic acids is 2. The number of thioether (sulfide) groups is 1. The summed E-state index contributed by atoms with van der Waals surface area (Å²) in [4.78, 5) is 25.4. The summed E-state index contributed by atoms with van der Waals surface area (Å²) in [5.41, 5.74) is 6.33. The first-order valence-electron chi connectivity index (χ1n) is 5.48. The molecule has 4 nitrogen and oxygen atoms in total. The standard InChI is InChI=1S/C12H14N2O2S/c13-9-3-1-4-10(7-9)17-8-12(16)14-6-2-5-11(14)15/h1,3-4,7H,2,5-6,8,13H2. The average Bonchev–Trinajstić information content (AvgIpc) is 2.72. The van der Waals surface area contributed by atoms with Crippen LogP contribution in [0.15, 0.2) is 29.2 Å². The molecular formula is C12H14N2O2S. The fourth-order valence-corrected chi connectivity index (χ4v) is 2.58. The monoisotopic (exact) mass is 250 g/mol. The predicted octanol–water partition coefficient (Wildman–Crippen LogP) is 1.51. The highest BCUT2D eigenvalue weighted by Gasteiger charge is 2.25. The third kappa shape index (κ3) is 3.00. The van der Waals surface area contributed by atoms with E-state index >= 15 is 0 Å². The average molecular weight is 250 g/mol. The molecule has 1 aliphatic heterocycles. The van der Waals surface area contributed by atoms with Crippen LogP contribution in [0.2, 0.25) is 0 Å². The first-order chi connectivity index (χ1) is 8.16. The molecule has 90 valence electrons. The maximum Gasteiger partial charge on any atom is 0.239 e. The van der Waals surface area contributed by atoms with Gasteiger partial charge in [0, 0.05) is 23.5 Å². The van der Waals surface area contributed by atoms with Crippen molar-refractivity contribution < 1.29 is 9.59 Å². The molecule has 1 aromatic rings. The van der Waals surface area contributed by atoms with Crippen molar-refractivity contribution in [3.8, 4) is 0 Å². The predicted molar refractivity (Wildman–Crippen MR) is 67.5 cm³/mol. The Morgan fingerprint density at radius 2 is 2.29 bits per heavy atom. The summed E-state index contributed by atoms with van der Waals surface area (Å²) in [6.45, 7) is 0.565. The van der Waals surface area contributed by atoms with Gasteiger partial charge in [-0.3, -0.25) is 14.5 Å². The number of benzene rings is 1. The minimum absolute atomic E-state index is 0.0526. The van der Waals surface area contributed by atoms with Crippen LogP contribution in [-0.2, 0) is 9.59 Å². The van der Waals surface area contributed by atoms with E-state index in [1.807, 2.05) is 18.2 Å². The van der Waals surface area contributed by atoms with E-state index in [0.717, 1.165) is 11.3 Å². The molecule has 2 N–H and O–H groups in total. The van der Waals surface area contributed by atoms with Crippen LogP contribution in [-0.4, -0.2) is 29.0 Å². The van der Waals surface area contributed by atoms with Gasteiger partial charge in [-0.05, 0) is 24.6 Å². The van der Waals surface area contributed by atoms with E-state index in [1.165, 1.54) is 16.7 Å². The Labute approximate surface area is 104 Å². The maximum absolute atomic E-state index is 11.8. The Hall–Kier alpha value is -1.49. The van der Waals surface area contributed by atoms with Crippen molar-refractivity contribution in [1.82, 2.24) is 4.90 Å². The molecule has 0 spiro atoms. The number of anilines is 1. The summed E-state index contributed by atoms with van der Waals surface area (Å²) < 4.78 is 0. The van der Waals surface area contributed by atoms with Gasteiger partial charge in [0.1, 0.15) is 0 Å². The van der Waals surface area contributed by atoms with Crippen molar-refractivity contribution >= 4 is 29.3 Å². The van der Waals surface area contributed by atoms with Crippen molar-refractivity contribution in [2.45, 2.75) is 17.7 Å². The molecule has 1 aliphatic rings. The number of likely N-dealkylation sites (tertiary alicyclic amines) is 1. The number of nitrogen functional groups attached to an aromatic ring is 1. The lowest BCUT2D eigenvalue weighted by molar-refractivity contribution is -0.140. The van der Waals surface area contributed by atoms with E-state index in [9.17, 15) is 9.59 Å². The lowest BCUT2D eigenvalue weighted by Gasteiger charge is -2.12. The zero-order valence-corrected chi connectivity index (χ0v) is 10.2. The highest BCUT2D eigenvalue weighted by molar-refractivity contribution is 8.00. The van der Waals surface area contributed by atoms with Crippen LogP contribution in [0.3, 0.4) is 0 Å². The van der Waals surface area contributed by atoms with E-state index in [2.05, 4.69) is 0 Å². The third-order valence-corrected chi connectivity index (χ3v) is 3.57. The number of nitrogens with zero attached hydrogens (tertiary/aromatic N) is 1. The molecule has 1 saturated heterocycles. The number of hydrogen-bond acceptors (Lipinski definition) is 4. The largest absolute Gasteiger partial charge is 0.399 e. The van der Waals surface area contributed by atoms with Gasteiger partial charge in [0.05, 0.1) is 5.75 Å². The zero-order chi connectivity index (χ0) is 12.3. The summed E-state index contributed by atoms with van der Waals surface area (Å²) in [6.07, 6.45) is 1.28. The normalized spacial score (nSPS) is 15.3. The van der Waals surface area contributed by atoms with Gasteiger partial charge in [-0.1, -0.05) is 6.07 Å². The number of carbonyl (C=O) groups is 2. The molecule has 2 rings (SSSR count). The summed E-state index contributed by atoms with van der Waals surface area (Å²) in [7, 11) is 0. The quantitative estimate of drug-likeness (QED) is 0.652. The molecule has 0 saturated carbocycles. The smallest absolute Gasteiger partial charge is 0.239 e. The fraction of sp³-hybridized carbons (Fsp3) is 0.333. The topological polar surface area (TPSA) is 63.4 Å². The van der Waals surface area contributed by atoms with Gasteiger partial charge >= 0.3 is 0 Å². The van der Waals surface area contributed by atoms with Gasteiger partial charge in [-0.15, -0.1) is 11.8 Å². The van der Waals surface area contributed by atoms with Gasteiger partial charge in [0.2, 0.25) is 11.8 Å². The number of amides is 2. The van der Waals surface area contributed by atoms with Crippen molar-refractivity contribution in [3.63, 3.8) is 0 Å². The minimum Gasteiger partial charge on any atom is -0.399 e. The summed E-state index contributed by atoms with van der Waals surface area (Å²) in [6, 6.07) is 7.38. The van der Waals surface area contributed by atoms with E-state index in [1.54, 1.807) is 6.07 Å². The van der Waals surface area contributed by atoms with E-state index < -0.39 is 0 Å². The summed E-state index contributed by atoms with van der Waals surface area (Å²) in [5, 5.41) is 0. The van der Waals surface area contributed by atoms with Gasteiger partial charge < -0.3 is 5.73 Å². The molecule has 1 fully saturated rings. The Morgan fingerprint density at radius 1 is 1.47 bits per heavy atom. The molecule has 0 aliphatic carbocycles. The number of imide groups is 1. The molecule has 0 aromatic heterocycles. The van der Waals surface area contributed by atoms with Crippen LogP contribution in [0, 0.1) is 0 Å². The first kappa shape index (κ1) is 12.0. The van der Waals surface area contributed by atoms with Crippen LogP contribution in [0.1, 0.15) is 12.8 Å². The second-order valence-electron chi connectivity index (χ2n) is 3.90. The van der Waals surface area contributed by atoms with Crippen LogP contribution in [0.5, 0.6) is 0 Å². The van der Waals surface area contributed by atoms with Crippen molar-refractivity contribution in [2.24, 2.45) is 0 Å². The van der Waals surface area contributed by atoms with E-state index in [4.69, 9.17) is 5.73 Å². The Kier molecular flexibility index (Phi) is 3.68. The molecule has 0 radical (unpaired) electrons. The minimum atomic E-state index is -0.111. The second-order valence-corrected chi connectivity index (χ2v) is 4.95.